The van der Waals surface area contributed by atoms with E-state index in [-0.39, 0.29) is 12.8 Å². The van der Waals surface area contributed by atoms with Gasteiger partial charge in [-0.05, 0) is 46.5 Å². The third-order valence-corrected chi connectivity index (χ3v) is 3.40. The van der Waals surface area contributed by atoms with E-state index < -0.39 is 28.9 Å². The molecule has 1 aliphatic carbocycles. The van der Waals surface area contributed by atoms with Crippen LogP contribution in [0, 0.1) is 5.41 Å². The van der Waals surface area contributed by atoms with Crippen molar-refractivity contribution in [2.45, 2.75) is 64.4 Å². The normalized spacial score (nSPS) is 19.8. The van der Waals surface area contributed by atoms with Gasteiger partial charge in [0.25, 0.3) is 0 Å². The highest BCUT2D eigenvalue weighted by atomic mass is 19.3. The number of alkyl halides is 2. The maximum absolute atomic E-state index is 14.0. The van der Waals surface area contributed by atoms with Crippen LogP contribution in [0.5, 0.6) is 0 Å². The van der Waals surface area contributed by atoms with E-state index >= 15 is 0 Å². The maximum atomic E-state index is 14.0. The van der Waals surface area contributed by atoms with Gasteiger partial charge in [0.05, 0.1) is 5.41 Å². The molecule has 0 atom stereocenters. The molecule has 19 heavy (non-hydrogen) atoms. The Morgan fingerprint density at radius 2 is 1.58 bits per heavy atom. The summed E-state index contributed by atoms with van der Waals surface area (Å²) in [4.78, 5) is 22.7. The van der Waals surface area contributed by atoms with Gasteiger partial charge >= 0.3 is 17.9 Å². The van der Waals surface area contributed by atoms with Gasteiger partial charge in [-0.3, -0.25) is 4.79 Å². The van der Waals surface area contributed by atoms with E-state index in [1.54, 1.807) is 20.8 Å². The lowest BCUT2D eigenvalue weighted by molar-refractivity contribution is -0.234. The first-order valence-corrected chi connectivity index (χ1v) is 6.38. The second-order valence-electron chi connectivity index (χ2n) is 6.07. The first kappa shape index (κ1) is 15.9. The second kappa shape index (κ2) is 5.06. The topological polar surface area (TPSA) is 63.6 Å². The fourth-order valence-electron chi connectivity index (χ4n) is 2.13. The molecular weight excluding hydrogens is 258 g/mol. The van der Waals surface area contributed by atoms with Crippen LogP contribution < -0.4 is 0 Å². The highest BCUT2D eigenvalue weighted by Crippen LogP contribution is 2.44. The zero-order valence-corrected chi connectivity index (χ0v) is 11.5. The third-order valence-electron chi connectivity index (χ3n) is 3.40. The summed E-state index contributed by atoms with van der Waals surface area (Å²) in [5, 5.41) is 8.73. The Hall–Kier alpha value is -1.20. The standard InChI is InChI=1S/C13H20F2O4/c1-11(2,3)10(18)19-12(7-5-4-6-8-12)13(14,15)9(16)17/h4-8H2,1-3H3,(H,16,17). The third kappa shape index (κ3) is 3.04. The zero-order valence-electron chi connectivity index (χ0n) is 11.5. The van der Waals surface area contributed by atoms with Crippen molar-refractivity contribution in [1.29, 1.82) is 0 Å². The van der Waals surface area contributed by atoms with Crippen molar-refractivity contribution >= 4 is 11.9 Å². The van der Waals surface area contributed by atoms with Crippen molar-refractivity contribution in [3.8, 4) is 0 Å². The monoisotopic (exact) mass is 278 g/mol. The van der Waals surface area contributed by atoms with E-state index in [0.717, 1.165) is 6.42 Å². The lowest BCUT2D eigenvalue weighted by Crippen LogP contribution is -2.57. The highest BCUT2D eigenvalue weighted by Gasteiger charge is 2.62. The van der Waals surface area contributed by atoms with Crippen molar-refractivity contribution in [2.24, 2.45) is 5.41 Å². The Morgan fingerprint density at radius 1 is 1.11 bits per heavy atom. The van der Waals surface area contributed by atoms with Gasteiger partial charge in [-0.15, -0.1) is 0 Å². The first-order valence-electron chi connectivity index (χ1n) is 6.38. The second-order valence-corrected chi connectivity index (χ2v) is 6.07. The van der Waals surface area contributed by atoms with Crippen molar-refractivity contribution < 1.29 is 28.2 Å². The average molecular weight is 278 g/mol. The molecule has 1 rings (SSSR count). The molecule has 0 saturated heterocycles. The molecule has 110 valence electrons. The summed E-state index contributed by atoms with van der Waals surface area (Å²) in [5.41, 5.74) is -3.15. The molecule has 1 N–H and O–H groups in total. The largest absolute Gasteiger partial charge is 0.477 e. The smallest absolute Gasteiger partial charge is 0.381 e. The number of rotatable bonds is 3. The molecule has 1 fully saturated rings. The van der Waals surface area contributed by atoms with Crippen molar-refractivity contribution in [1.82, 2.24) is 0 Å². The van der Waals surface area contributed by atoms with Gasteiger partial charge < -0.3 is 9.84 Å². The van der Waals surface area contributed by atoms with Crippen molar-refractivity contribution in [3.63, 3.8) is 0 Å². The van der Waals surface area contributed by atoms with Crippen LogP contribution in [0.1, 0.15) is 52.9 Å². The zero-order chi connectivity index (χ0) is 14.9. The summed E-state index contributed by atoms with van der Waals surface area (Å²) in [6.07, 6.45) is 1.37. The number of aliphatic carboxylic acids is 1. The minimum atomic E-state index is -4.06. The first-order chi connectivity index (χ1) is 8.53. The number of ether oxygens (including phenoxy) is 1. The molecule has 4 nitrogen and oxygen atoms in total. The van der Waals surface area contributed by atoms with Gasteiger partial charge in [-0.1, -0.05) is 6.42 Å². The van der Waals surface area contributed by atoms with E-state index in [1.807, 2.05) is 0 Å². The quantitative estimate of drug-likeness (QED) is 0.806. The summed E-state index contributed by atoms with van der Waals surface area (Å²) in [5.74, 6) is -7.10. The number of hydrogen-bond donors (Lipinski definition) is 1. The molecule has 0 heterocycles. The van der Waals surface area contributed by atoms with Crippen LogP contribution in [0.25, 0.3) is 0 Å². The van der Waals surface area contributed by atoms with Crippen LogP contribution in [-0.2, 0) is 14.3 Å². The Labute approximate surface area is 111 Å². The van der Waals surface area contributed by atoms with Crippen LogP contribution in [-0.4, -0.2) is 28.6 Å². The molecular formula is C13H20F2O4. The van der Waals surface area contributed by atoms with E-state index in [4.69, 9.17) is 9.84 Å². The number of carbonyl (C=O) groups is 2. The van der Waals surface area contributed by atoms with Gasteiger partial charge in [0.1, 0.15) is 0 Å². The van der Waals surface area contributed by atoms with Gasteiger partial charge in [-0.25, -0.2) is 4.79 Å². The van der Waals surface area contributed by atoms with Gasteiger partial charge in [0.2, 0.25) is 0 Å². The number of esters is 1. The van der Waals surface area contributed by atoms with Crippen molar-refractivity contribution in [3.05, 3.63) is 0 Å². The molecule has 0 bridgehead atoms. The van der Waals surface area contributed by atoms with E-state index in [0.29, 0.717) is 12.8 Å². The Balaban J connectivity index is 3.07. The van der Waals surface area contributed by atoms with E-state index in [2.05, 4.69) is 0 Å². The SMILES string of the molecule is CC(C)(C)C(=O)OC1(C(F)(F)C(=O)O)CCCCC1. The van der Waals surface area contributed by atoms with Crippen LogP contribution in [0.3, 0.4) is 0 Å². The molecule has 0 spiro atoms. The minimum absolute atomic E-state index is 0.117. The summed E-state index contributed by atoms with van der Waals surface area (Å²) in [7, 11) is 0. The summed E-state index contributed by atoms with van der Waals surface area (Å²) in [6.45, 7) is 4.64. The fraction of sp³-hybridized carbons (Fsp3) is 0.846. The Morgan fingerprint density at radius 3 is 1.95 bits per heavy atom. The number of halogens is 2. The molecule has 0 aromatic rings. The van der Waals surface area contributed by atoms with Crippen LogP contribution in [0.4, 0.5) is 8.78 Å². The lowest BCUT2D eigenvalue weighted by atomic mass is 9.79. The van der Waals surface area contributed by atoms with Gasteiger partial charge in [0.15, 0.2) is 5.60 Å². The fourth-order valence-corrected chi connectivity index (χ4v) is 2.13. The number of carboxylic acid groups (broad SMARTS) is 1. The molecule has 0 radical (unpaired) electrons. The molecule has 0 unspecified atom stereocenters. The molecule has 1 aliphatic rings. The maximum Gasteiger partial charge on any atom is 0.381 e. The highest BCUT2D eigenvalue weighted by molar-refractivity contribution is 5.80. The Kier molecular flexibility index (Phi) is 4.22. The average Bonchev–Trinajstić information content (AvgIpc) is 2.28. The molecule has 6 heteroatoms. The molecule has 0 aromatic carbocycles. The van der Waals surface area contributed by atoms with Crippen molar-refractivity contribution in [2.75, 3.05) is 0 Å². The molecule has 0 aliphatic heterocycles. The van der Waals surface area contributed by atoms with Gasteiger partial charge in [0, 0.05) is 0 Å². The van der Waals surface area contributed by atoms with E-state index in [1.165, 1.54) is 0 Å². The van der Waals surface area contributed by atoms with Crippen LogP contribution >= 0.6 is 0 Å². The minimum Gasteiger partial charge on any atom is -0.477 e. The lowest BCUT2D eigenvalue weighted by Gasteiger charge is -2.41. The number of hydrogen-bond acceptors (Lipinski definition) is 3. The van der Waals surface area contributed by atoms with Gasteiger partial charge in [-0.2, -0.15) is 8.78 Å². The Bertz CT molecular complexity index is 365. The number of carbonyl (C=O) groups excluding carboxylic acids is 1. The molecule has 0 aromatic heterocycles. The predicted molar refractivity (Wildman–Crippen MR) is 63.9 cm³/mol. The summed E-state index contributed by atoms with van der Waals surface area (Å²) >= 11 is 0. The molecule has 1 saturated carbocycles. The summed E-state index contributed by atoms with van der Waals surface area (Å²) < 4.78 is 32.9. The number of carboxylic acids is 1. The van der Waals surface area contributed by atoms with E-state index in [9.17, 15) is 18.4 Å². The summed E-state index contributed by atoms with van der Waals surface area (Å²) in [6, 6.07) is 0. The van der Waals surface area contributed by atoms with Crippen LogP contribution in [0.15, 0.2) is 0 Å². The predicted octanol–water partition coefficient (Wildman–Crippen LogP) is 3.00. The molecule has 0 amide bonds. The van der Waals surface area contributed by atoms with Crippen LogP contribution in [0.2, 0.25) is 0 Å².